The van der Waals surface area contributed by atoms with Crippen molar-refractivity contribution >= 4 is 0 Å². The standard InChI is InChI=1S/C17H18F2O/c1-11-4-9-15(19)14(10-11)16(20)17(2,3)12-5-7-13(18)8-6-12/h4-10,16,20H,1-3H3. The Morgan fingerprint density at radius 2 is 1.60 bits per heavy atom. The molecule has 3 heteroatoms. The summed E-state index contributed by atoms with van der Waals surface area (Å²) >= 11 is 0. The monoisotopic (exact) mass is 276 g/mol. The highest BCUT2D eigenvalue weighted by atomic mass is 19.1. The first-order valence-electron chi connectivity index (χ1n) is 6.52. The summed E-state index contributed by atoms with van der Waals surface area (Å²) in [5, 5.41) is 10.5. The van der Waals surface area contributed by atoms with Crippen LogP contribution in [0.1, 0.15) is 36.6 Å². The van der Waals surface area contributed by atoms with Crippen molar-refractivity contribution in [3.05, 3.63) is 70.8 Å². The smallest absolute Gasteiger partial charge is 0.129 e. The predicted octanol–water partition coefficient (Wildman–Crippen LogP) is 4.28. The fraction of sp³-hybridized carbons (Fsp3) is 0.294. The van der Waals surface area contributed by atoms with E-state index in [2.05, 4.69) is 0 Å². The minimum absolute atomic E-state index is 0.263. The van der Waals surface area contributed by atoms with E-state index < -0.39 is 17.3 Å². The molecule has 0 amide bonds. The normalized spacial score (nSPS) is 13.3. The van der Waals surface area contributed by atoms with Gasteiger partial charge < -0.3 is 5.11 Å². The van der Waals surface area contributed by atoms with E-state index in [1.165, 1.54) is 18.2 Å². The molecule has 0 aliphatic heterocycles. The van der Waals surface area contributed by atoms with Crippen LogP contribution in [0.15, 0.2) is 42.5 Å². The SMILES string of the molecule is Cc1ccc(F)c(C(O)C(C)(C)c2ccc(F)cc2)c1. The van der Waals surface area contributed by atoms with E-state index in [1.807, 2.05) is 20.8 Å². The molecule has 0 radical (unpaired) electrons. The Morgan fingerprint density at radius 3 is 2.20 bits per heavy atom. The molecule has 0 aliphatic rings. The summed E-state index contributed by atoms with van der Waals surface area (Å²) in [6.45, 7) is 5.47. The second-order valence-corrected chi connectivity index (χ2v) is 5.66. The Kier molecular flexibility index (Phi) is 3.91. The molecule has 1 atom stereocenters. The highest BCUT2D eigenvalue weighted by Gasteiger charge is 2.32. The van der Waals surface area contributed by atoms with Gasteiger partial charge >= 0.3 is 0 Å². The van der Waals surface area contributed by atoms with Crippen molar-refractivity contribution in [1.82, 2.24) is 0 Å². The summed E-state index contributed by atoms with van der Waals surface area (Å²) in [6.07, 6.45) is -1.01. The second-order valence-electron chi connectivity index (χ2n) is 5.66. The van der Waals surface area contributed by atoms with Crippen LogP contribution in [0.3, 0.4) is 0 Å². The lowest BCUT2D eigenvalue weighted by atomic mass is 9.76. The molecule has 20 heavy (non-hydrogen) atoms. The number of aliphatic hydroxyl groups is 1. The molecule has 0 aliphatic carbocycles. The van der Waals surface area contributed by atoms with Crippen molar-refractivity contribution in [2.45, 2.75) is 32.3 Å². The summed E-state index contributed by atoms with van der Waals surface area (Å²) in [5.41, 5.74) is 1.18. The van der Waals surface area contributed by atoms with Gasteiger partial charge in [0.1, 0.15) is 11.6 Å². The van der Waals surface area contributed by atoms with Gasteiger partial charge in [-0.25, -0.2) is 8.78 Å². The lowest BCUT2D eigenvalue weighted by Crippen LogP contribution is -2.27. The third kappa shape index (κ3) is 2.73. The zero-order valence-electron chi connectivity index (χ0n) is 11.8. The van der Waals surface area contributed by atoms with Crippen molar-refractivity contribution in [1.29, 1.82) is 0 Å². The third-order valence-electron chi connectivity index (χ3n) is 3.72. The zero-order chi connectivity index (χ0) is 14.9. The fourth-order valence-corrected chi connectivity index (χ4v) is 2.30. The average Bonchev–Trinajstić information content (AvgIpc) is 2.41. The van der Waals surface area contributed by atoms with Crippen LogP contribution >= 0.6 is 0 Å². The lowest BCUT2D eigenvalue weighted by Gasteiger charge is -2.32. The van der Waals surface area contributed by atoms with Gasteiger partial charge in [-0.3, -0.25) is 0 Å². The van der Waals surface area contributed by atoms with Gasteiger partial charge in [0.15, 0.2) is 0 Å². The summed E-state index contributed by atoms with van der Waals surface area (Å²) in [5.74, 6) is -0.765. The summed E-state index contributed by atoms with van der Waals surface area (Å²) < 4.78 is 26.9. The molecule has 2 aromatic carbocycles. The number of aliphatic hydroxyl groups excluding tert-OH is 1. The molecule has 0 saturated carbocycles. The Morgan fingerprint density at radius 1 is 1.00 bits per heavy atom. The first-order chi connectivity index (χ1) is 9.32. The molecular weight excluding hydrogens is 258 g/mol. The van der Waals surface area contributed by atoms with E-state index >= 15 is 0 Å². The maximum Gasteiger partial charge on any atom is 0.129 e. The molecule has 0 spiro atoms. The highest BCUT2D eigenvalue weighted by molar-refractivity contribution is 5.33. The van der Waals surface area contributed by atoms with Crippen LogP contribution in [0.2, 0.25) is 0 Å². The minimum atomic E-state index is -1.01. The minimum Gasteiger partial charge on any atom is -0.387 e. The van der Waals surface area contributed by atoms with Crippen LogP contribution in [-0.4, -0.2) is 5.11 Å². The second kappa shape index (κ2) is 5.33. The average molecular weight is 276 g/mol. The molecule has 0 aromatic heterocycles. The summed E-state index contributed by atoms with van der Waals surface area (Å²) in [6, 6.07) is 10.6. The molecule has 2 rings (SSSR count). The molecule has 2 aromatic rings. The van der Waals surface area contributed by atoms with Crippen LogP contribution in [0, 0.1) is 18.6 Å². The van der Waals surface area contributed by atoms with Crippen molar-refractivity contribution in [3.63, 3.8) is 0 Å². The van der Waals surface area contributed by atoms with Gasteiger partial charge in [-0.15, -0.1) is 0 Å². The number of aryl methyl sites for hydroxylation is 1. The van der Waals surface area contributed by atoms with Crippen molar-refractivity contribution in [2.75, 3.05) is 0 Å². The Hall–Kier alpha value is -1.74. The maximum absolute atomic E-state index is 13.9. The van der Waals surface area contributed by atoms with E-state index in [0.717, 1.165) is 11.1 Å². The largest absolute Gasteiger partial charge is 0.387 e. The zero-order valence-corrected chi connectivity index (χ0v) is 11.8. The molecule has 0 heterocycles. The number of benzene rings is 2. The third-order valence-corrected chi connectivity index (χ3v) is 3.72. The van der Waals surface area contributed by atoms with Gasteiger partial charge in [0.05, 0.1) is 6.10 Å². The molecule has 0 bridgehead atoms. The topological polar surface area (TPSA) is 20.2 Å². The van der Waals surface area contributed by atoms with Gasteiger partial charge in [-0.05, 0) is 30.7 Å². The van der Waals surface area contributed by atoms with Crippen LogP contribution < -0.4 is 0 Å². The van der Waals surface area contributed by atoms with Gasteiger partial charge in [0.25, 0.3) is 0 Å². The van der Waals surface area contributed by atoms with Gasteiger partial charge in [0.2, 0.25) is 0 Å². The van der Waals surface area contributed by atoms with Gasteiger partial charge in [0, 0.05) is 11.0 Å². The van der Waals surface area contributed by atoms with Gasteiger partial charge in [-0.1, -0.05) is 43.7 Å². The predicted molar refractivity (Wildman–Crippen MR) is 75.5 cm³/mol. The quantitative estimate of drug-likeness (QED) is 0.887. The molecule has 0 saturated heterocycles. The van der Waals surface area contributed by atoms with E-state index in [0.29, 0.717) is 0 Å². The van der Waals surface area contributed by atoms with Crippen LogP contribution in [0.4, 0.5) is 8.78 Å². The summed E-state index contributed by atoms with van der Waals surface area (Å²) in [4.78, 5) is 0. The molecule has 1 N–H and O–H groups in total. The summed E-state index contributed by atoms with van der Waals surface area (Å²) in [7, 11) is 0. The van der Waals surface area contributed by atoms with Crippen molar-refractivity contribution < 1.29 is 13.9 Å². The first-order valence-corrected chi connectivity index (χ1v) is 6.52. The van der Waals surface area contributed by atoms with Crippen molar-refractivity contribution in [2.24, 2.45) is 0 Å². The number of hydrogen-bond acceptors (Lipinski definition) is 1. The Balaban J connectivity index is 2.42. The van der Waals surface area contributed by atoms with E-state index in [9.17, 15) is 13.9 Å². The lowest BCUT2D eigenvalue weighted by molar-refractivity contribution is 0.0965. The van der Waals surface area contributed by atoms with Gasteiger partial charge in [-0.2, -0.15) is 0 Å². The highest BCUT2D eigenvalue weighted by Crippen LogP contribution is 2.38. The maximum atomic E-state index is 13.9. The molecule has 1 unspecified atom stereocenters. The molecule has 106 valence electrons. The number of rotatable bonds is 3. The number of hydrogen-bond donors (Lipinski definition) is 1. The number of halogens is 2. The van der Waals surface area contributed by atoms with Crippen molar-refractivity contribution in [3.8, 4) is 0 Å². The fourth-order valence-electron chi connectivity index (χ4n) is 2.30. The molecule has 1 nitrogen and oxygen atoms in total. The molecule has 0 fully saturated rings. The van der Waals surface area contributed by atoms with E-state index in [-0.39, 0.29) is 11.4 Å². The van der Waals surface area contributed by atoms with Crippen LogP contribution in [0.25, 0.3) is 0 Å². The van der Waals surface area contributed by atoms with E-state index in [4.69, 9.17) is 0 Å². The Labute approximate surface area is 117 Å². The van der Waals surface area contributed by atoms with Crippen LogP contribution in [-0.2, 0) is 5.41 Å². The Bertz CT molecular complexity index is 603. The van der Waals surface area contributed by atoms with Crippen LogP contribution in [0.5, 0.6) is 0 Å². The molecular formula is C17H18F2O. The first kappa shape index (κ1) is 14.7. The van der Waals surface area contributed by atoms with E-state index in [1.54, 1.807) is 24.3 Å².